The van der Waals surface area contributed by atoms with E-state index in [1.165, 1.54) is 36.7 Å². The minimum absolute atomic E-state index is 0.0696. The average Bonchev–Trinajstić information content (AvgIpc) is 2.62. The molecule has 26 heavy (non-hydrogen) atoms. The van der Waals surface area contributed by atoms with Gasteiger partial charge in [0.05, 0.1) is 10.6 Å². The van der Waals surface area contributed by atoms with E-state index >= 15 is 0 Å². The molecule has 8 heteroatoms. The smallest absolute Gasteiger partial charge is 0.261 e. The highest BCUT2D eigenvalue weighted by molar-refractivity contribution is 14.1. The van der Waals surface area contributed by atoms with Gasteiger partial charge in [-0.25, -0.2) is 8.42 Å². The van der Waals surface area contributed by atoms with Gasteiger partial charge in [-0.2, -0.15) is 0 Å². The van der Waals surface area contributed by atoms with Crippen LogP contribution in [0.3, 0.4) is 0 Å². The van der Waals surface area contributed by atoms with E-state index in [-0.39, 0.29) is 10.8 Å². The van der Waals surface area contributed by atoms with Crippen LogP contribution in [0.5, 0.6) is 0 Å². The van der Waals surface area contributed by atoms with Crippen molar-refractivity contribution in [3.8, 4) is 0 Å². The van der Waals surface area contributed by atoms with E-state index in [9.17, 15) is 13.2 Å². The van der Waals surface area contributed by atoms with Gasteiger partial charge in [0.1, 0.15) is 0 Å². The van der Waals surface area contributed by atoms with E-state index in [1.807, 2.05) is 18.2 Å². The van der Waals surface area contributed by atoms with Gasteiger partial charge in [-0.05, 0) is 77.2 Å². The van der Waals surface area contributed by atoms with Crippen LogP contribution in [-0.4, -0.2) is 19.3 Å². The minimum Gasteiger partial charge on any atom is -0.322 e. The Morgan fingerprint density at radius 2 is 1.62 bits per heavy atom. The molecular formula is C18H14IN3O3S. The summed E-state index contributed by atoms with van der Waals surface area (Å²) >= 11 is 2.16. The van der Waals surface area contributed by atoms with Gasteiger partial charge in [0.2, 0.25) is 0 Å². The summed E-state index contributed by atoms with van der Waals surface area (Å²) in [7, 11) is -3.73. The molecule has 0 unspecified atom stereocenters. The van der Waals surface area contributed by atoms with E-state index in [1.54, 1.807) is 18.2 Å². The fourth-order valence-electron chi connectivity index (χ4n) is 2.19. The molecule has 0 aliphatic carbocycles. The van der Waals surface area contributed by atoms with Crippen molar-refractivity contribution in [2.45, 2.75) is 4.90 Å². The molecule has 2 N–H and O–H groups in total. The number of halogens is 1. The number of aromatic nitrogens is 1. The number of hydrogen-bond acceptors (Lipinski definition) is 4. The van der Waals surface area contributed by atoms with Gasteiger partial charge in [-0.1, -0.05) is 6.07 Å². The third-order valence-corrected chi connectivity index (χ3v) is 5.51. The first-order valence-electron chi connectivity index (χ1n) is 7.54. The molecular weight excluding hydrogens is 465 g/mol. The molecule has 0 spiro atoms. The number of pyridine rings is 1. The van der Waals surface area contributed by atoms with Crippen molar-refractivity contribution < 1.29 is 13.2 Å². The van der Waals surface area contributed by atoms with Crippen LogP contribution in [0.1, 0.15) is 10.4 Å². The number of nitrogens with one attached hydrogen (secondary N) is 2. The van der Waals surface area contributed by atoms with Crippen LogP contribution >= 0.6 is 22.6 Å². The Balaban J connectivity index is 1.74. The Morgan fingerprint density at radius 3 is 2.27 bits per heavy atom. The molecule has 1 amide bonds. The van der Waals surface area contributed by atoms with E-state index in [2.05, 4.69) is 37.6 Å². The molecule has 132 valence electrons. The van der Waals surface area contributed by atoms with Crippen LogP contribution in [0.4, 0.5) is 11.4 Å². The fourth-order valence-corrected chi connectivity index (χ4v) is 3.79. The summed E-state index contributed by atoms with van der Waals surface area (Å²) in [6.45, 7) is 0. The predicted octanol–water partition coefficient (Wildman–Crippen LogP) is 3.74. The zero-order valence-corrected chi connectivity index (χ0v) is 16.4. The largest absolute Gasteiger partial charge is 0.322 e. The summed E-state index contributed by atoms with van der Waals surface area (Å²) in [4.78, 5) is 16.2. The van der Waals surface area contributed by atoms with Gasteiger partial charge >= 0.3 is 0 Å². The third kappa shape index (κ3) is 4.58. The highest BCUT2D eigenvalue weighted by Gasteiger charge is 2.15. The first kappa shape index (κ1) is 18.3. The first-order valence-corrected chi connectivity index (χ1v) is 10.1. The molecule has 0 bridgehead atoms. The van der Waals surface area contributed by atoms with Crippen LogP contribution in [0.15, 0.2) is 78.0 Å². The van der Waals surface area contributed by atoms with Crippen LogP contribution in [0, 0.1) is 3.57 Å². The topological polar surface area (TPSA) is 88.2 Å². The highest BCUT2D eigenvalue weighted by atomic mass is 127. The van der Waals surface area contributed by atoms with Gasteiger partial charge in [0, 0.05) is 27.2 Å². The second-order valence-electron chi connectivity index (χ2n) is 5.33. The molecule has 3 rings (SSSR count). The molecule has 0 aliphatic heterocycles. The van der Waals surface area contributed by atoms with Gasteiger partial charge < -0.3 is 5.32 Å². The number of anilines is 2. The molecule has 0 aliphatic rings. The maximum absolute atomic E-state index is 12.4. The summed E-state index contributed by atoms with van der Waals surface area (Å²) in [6.07, 6.45) is 2.99. The van der Waals surface area contributed by atoms with Crippen LogP contribution in [0.2, 0.25) is 0 Å². The lowest BCUT2D eigenvalue weighted by molar-refractivity contribution is 0.102. The Bertz CT molecular complexity index is 1020. The summed E-state index contributed by atoms with van der Waals surface area (Å²) in [5.41, 5.74) is 1.46. The third-order valence-electron chi connectivity index (χ3n) is 3.44. The average molecular weight is 479 g/mol. The Kier molecular flexibility index (Phi) is 5.52. The van der Waals surface area contributed by atoms with Crippen molar-refractivity contribution in [2.75, 3.05) is 10.0 Å². The molecule has 2 aromatic carbocycles. The Morgan fingerprint density at radius 1 is 0.923 bits per heavy atom. The predicted molar refractivity (Wildman–Crippen MR) is 109 cm³/mol. The number of nitrogens with zero attached hydrogens (tertiary/aromatic N) is 1. The standard InChI is InChI=1S/C18H14IN3O3S/c19-14-2-1-3-16(12-14)21-18(23)13-4-6-17(7-5-13)26(24,25)22-15-8-10-20-11-9-15/h1-12H,(H,20,22)(H,21,23). The summed E-state index contributed by atoms with van der Waals surface area (Å²) < 4.78 is 28.2. The molecule has 0 saturated carbocycles. The van der Waals surface area contributed by atoms with Crippen molar-refractivity contribution in [3.05, 3.63) is 82.2 Å². The Labute approximate surface area is 164 Å². The van der Waals surface area contributed by atoms with Gasteiger partial charge in [0.25, 0.3) is 15.9 Å². The van der Waals surface area contributed by atoms with Crippen molar-refractivity contribution in [1.29, 1.82) is 0 Å². The SMILES string of the molecule is O=C(Nc1cccc(I)c1)c1ccc(S(=O)(=O)Nc2ccncc2)cc1. The number of sulfonamides is 1. The molecule has 0 fully saturated rings. The summed E-state index contributed by atoms with van der Waals surface area (Å²) in [5.74, 6) is -0.307. The number of hydrogen-bond donors (Lipinski definition) is 2. The molecule has 0 atom stereocenters. The van der Waals surface area contributed by atoms with E-state index in [0.717, 1.165) is 3.57 Å². The first-order chi connectivity index (χ1) is 12.4. The molecule has 1 heterocycles. The zero-order chi connectivity index (χ0) is 18.6. The number of carbonyl (C=O) groups excluding carboxylic acids is 1. The van der Waals surface area contributed by atoms with Crippen LogP contribution in [0.25, 0.3) is 0 Å². The van der Waals surface area contributed by atoms with Gasteiger partial charge in [0.15, 0.2) is 0 Å². The maximum Gasteiger partial charge on any atom is 0.261 e. The van der Waals surface area contributed by atoms with Crippen molar-refractivity contribution in [3.63, 3.8) is 0 Å². The second-order valence-corrected chi connectivity index (χ2v) is 8.26. The van der Waals surface area contributed by atoms with Crippen molar-refractivity contribution >= 4 is 49.9 Å². The molecule has 0 saturated heterocycles. The lowest BCUT2D eigenvalue weighted by Gasteiger charge is -2.09. The van der Waals surface area contributed by atoms with Crippen molar-refractivity contribution in [1.82, 2.24) is 4.98 Å². The van der Waals surface area contributed by atoms with E-state index in [0.29, 0.717) is 16.9 Å². The molecule has 3 aromatic rings. The lowest BCUT2D eigenvalue weighted by Crippen LogP contribution is -2.14. The molecule has 0 radical (unpaired) electrons. The number of benzene rings is 2. The minimum atomic E-state index is -3.73. The monoisotopic (exact) mass is 479 g/mol. The maximum atomic E-state index is 12.4. The number of rotatable bonds is 5. The van der Waals surface area contributed by atoms with Gasteiger partial charge in [-0.15, -0.1) is 0 Å². The summed E-state index contributed by atoms with van der Waals surface area (Å²) in [5, 5.41) is 2.78. The van der Waals surface area contributed by atoms with Crippen LogP contribution in [-0.2, 0) is 10.0 Å². The van der Waals surface area contributed by atoms with Crippen molar-refractivity contribution in [2.24, 2.45) is 0 Å². The van der Waals surface area contributed by atoms with E-state index < -0.39 is 10.0 Å². The zero-order valence-electron chi connectivity index (χ0n) is 13.4. The second kappa shape index (κ2) is 7.83. The fraction of sp³-hybridized carbons (Fsp3) is 0. The normalized spacial score (nSPS) is 11.0. The lowest BCUT2D eigenvalue weighted by atomic mass is 10.2. The van der Waals surface area contributed by atoms with E-state index in [4.69, 9.17) is 0 Å². The number of amides is 1. The number of carbonyl (C=O) groups is 1. The van der Waals surface area contributed by atoms with Crippen LogP contribution < -0.4 is 10.0 Å². The molecule has 1 aromatic heterocycles. The summed E-state index contributed by atoms with van der Waals surface area (Å²) in [6, 6.07) is 16.3. The Hall–Kier alpha value is -2.46. The highest BCUT2D eigenvalue weighted by Crippen LogP contribution is 2.17. The van der Waals surface area contributed by atoms with Gasteiger partial charge in [-0.3, -0.25) is 14.5 Å². The molecule has 6 nitrogen and oxygen atoms in total. The quantitative estimate of drug-likeness (QED) is 0.546.